The van der Waals surface area contributed by atoms with Crippen LogP contribution in [0.3, 0.4) is 0 Å². The van der Waals surface area contributed by atoms with Crippen molar-refractivity contribution in [3.8, 4) is 0 Å². The molecule has 0 spiro atoms. The van der Waals surface area contributed by atoms with Gasteiger partial charge >= 0.3 is 5.97 Å². The summed E-state index contributed by atoms with van der Waals surface area (Å²) in [6, 6.07) is -0.390. The Balaban J connectivity index is 2.36. The van der Waals surface area contributed by atoms with Gasteiger partial charge < -0.3 is 15.4 Å². The zero-order chi connectivity index (χ0) is 14.3. The molecule has 1 saturated heterocycles. The van der Waals surface area contributed by atoms with E-state index < -0.39 is 0 Å². The molecule has 19 heavy (non-hydrogen) atoms. The molecule has 1 amide bonds. The van der Waals surface area contributed by atoms with Crippen LogP contribution in [-0.2, 0) is 14.3 Å². The summed E-state index contributed by atoms with van der Waals surface area (Å²) in [5.74, 6) is -0.170. The molecule has 0 aromatic heterocycles. The predicted molar refractivity (Wildman–Crippen MR) is 73.4 cm³/mol. The summed E-state index contributed by atoms with van der Waals surface area (Å²) < 4.78 is 5.01. The van der Waals surface area contributed by atoms with E-state index in [1.165, 1.54) is 0 Å². The Labute approximate surface area is 115 Å². The van der Waals surface area contributed by atoms with E-state index >= 15 is 0 Å². The SMILES string of the molecule is CCCCC(N)C(=O)N1CCC(C(=O)OCC)CC1. The van der Waals surface area contributed by atoms with Gasteiger partial charge in [0.2, 0.25) is 5.91 Å². The summed E-state index contributed by atoms with van der Waals surface area (Å²) in [5, 5.41) is 0. The number of hydrogen-bond acceptors (Lipinski definition) is 4. The van der Waals surface area contributed by atoms with Crippen LogP contribution in [0.4, 0.5) is 0 Å². The van der Waals surface area contributed by atoms with Crippen LogP contribution < -0.4 is 5.73 Å². The fraction of sp³-hybridized carbons (Fsp3) is 0.857. The van der Waals surface area contributed by atoms with Crippen molar-refractivity contribution in [2.75, 3.05) is 19.7 Å². The van der Waals surface area contributed by atoms with Gasteiger partial charge in [0.1, 0.15) is 0 Å². The fourth-order valence-corrected chi connectivity index (χ4v) is 2.38. The van der Waals surface area contributed by atoms with Gasteiger partial charge in [0.05, 0.1) is 18.6 Å². The molecule has 110 valence electrons. The number of piperidine rings is 1. The fourth-order valence-electron chi connectivity index (χ4n) is 2.38. The second-order valence-electron chi connectivity index (χ2n) is 5.10. The lowest BCUT2D eigenvalue weighted by Crippen LogP contribution is -2.48. The monoisotopic (exact) mass is 270 g/mol. The van der Waals surface area contributed by atoms with E-state index in [1.807, 2.05) is 6.92 Å². The van der Waals surface area contributed by atoms with Gasteiger partial charge in [-0.1, -0.05) is 19.8 Å². The van der Waals surface area contributed by atoms with Crippen molar-refractivity contribution in [1.29, 1.82) is 0 Å². The molecule has 1 heterocycles. The van der Waals surface area contributed by atoms with E-state index in [9.17, 15) is 9.59 Å². The molecular formula is C14H26N2O3. The molecule has 1 aliphatic rings. The first kappa shape index (κ1) is 16.0. The van der Waals surface area contributed by atoms with Gasteiger partial charge in [0, 0.05) is 13.1 Å². The highest BCUT2D eigenvalue weighted by molar-refractivity contribution is 5.82. The third kappa shape index (κ3) is 4.82. The van der Waals surface area contributed by atoms with Crippen molar-refractivity contribution in [3.05, 3.63) is 0 Å². The number of amides is 1. The molecule has 0 aliphatic carbocycles. The molecule has 5 heteroatoms. The minimum Gasteiger partial charge on any atom is -0.466 e. The van der Waals surface area contributed by atoms with Crippen LogP contribution in [0.1, 0.15) is 46.0 Å². The third-order valence-electron chi connectivity index (χ3n) is 3.61. The molecule has 1 atom stereocenters. The summed E-state index contributed by atoms with van der Waals surface area (Å²) in [7, 11) is 0. The van der Waals surface area contributed by atoms with Crippen LogP contribution in [0.15, 0.2) is 0 Å². The number of unbranched alkanes of at least 4 members (excludes halogenated alkanes) is 1. The minimum absolute atomic E-state index is 0.0239. The molecule has 1 aliphatic heterocycles. The van der Waals surface area contributed by atoms with Crippen LogP contribution in [0, 0.1) is 5.92 Å². The molecule has 0 saturated carbocycles. The van der Waals surface area contributed by atoms with E-state index in [2.05, 4.69) is 6.92 Å². The molecule has 0 radical (unpaired) electrons. The topological polar surface area (TPSA) is 72.6 Å². The maximum absolute atomic E-state index is 12.1. The normalized spacial score (nSPS) is 18.2. The Bertz CT molecular complexity index is 299. The molecule has 1 fully saturated rings. The highest BCUT2D eigenvalue weighted by Crippen LogP contribution is 2.19. The van der Waals surface area contributed by atoms with Crippen LogP contribution >= 0.6 is 0 Å². The second-order valence-corrected chi connectivity index (χ2v) is 5.10. The van der Waals surface area contributed by atoms with Gasteiger partial charge in [-0.05, 0) is 26.2 Å². The van der Waals surface area contributed by atoms with Crippen molar-refractivity contribution in [2.24, 2.45) is 11.7 Å². The number of ether oxygens (including phenoxy) is 1. The Kier molecular flexibility index (Phi) is 6.84. The Morgan fingerprint density at radius 3 is 2.47 bits per heavy atom. The summed E-state index contributed by atoms with van der Waals surface area (Å²) in [6.07, 6.45) is 4.14. The van der Waals surface area contributed by atoms with Crippen LogP contribution in [-0.4, -0.2) is 42.5 Å². The lowest BCUT2D eigenvalue weighted by Gasteiger charge is -2.32. The number of esters is 1. The Morgan fingerprint density at radius 2 is 1.95 bits per heavy atom. The first-order valence-corrected chi connectivity index (χ1v) is 7.31. The van der Waals surface area contributed by atoms with Crippen molar-refractivity contribution in [3.63, 3.8) is 0 Å². The number of carbonyl (C=O) groups excluding carboxylic acids is 2. The number of rotatable bonds is 6. The first-order valence-electron chi connectivity index (χ1n) is 7.31. The maximum Gasteiger partial charge on any atom is 0.309 e. The van der Waals surface area contributed by atoms with Gasteiger partial charge in [-0.2, -0.15) is 0 Å². The minimum atomic E-state index is -0.390. The summed E-state index contributed by atoms with van der Waals surface area (Å²) in [4.78, 5) is 25.5. The highest BCUT2D eigenvalue weighted by Gasteiger charge is 2.29. The summed E-state index contributed by atoms with van der Waals surface area (Å²) >= 11 is 0. The Morgan fingerprint density at radius 1 is 1.32 bits per heavy atom. The largest absolute Gasteiger partial charge is 0.466 e. The van der Waals surface area contributed by atoms with Crippen molar-refractivity contribution >= 4 is 11.9 Å². The van der Waals surface area contributed by atoms with E-state index in [0.29, 0.717) is 32.5 Å². The molecule has 0 aromatic rings. The van der Waals surface area contributed by atoms with Crippen LogP contribution in [0.5, 0.6) is 0 Å². The smallest absolute Gasteiger partial charge is 0.309 e. The highest BCUT2D eigenvalue weighted by atomic mass is 16.5. The lowest BCUT2D eigenvalue weighted by atomic mass is 9.96. The quantitative estimate of drug-likeness (QED) is 0.738. The van der Waals surface area contributed by atoms with E-state index in [0.717, 1.165) is 19.3 Å². The molecular weight excluding hydrogens is 244 g/mol. The Hall–Kier alpha value is -1.10. The standard InChI is InChI=1S/C14H26N2O3/c1-3-5-6-12(15)13(17)16-9-7-11(8-10-16)14(18)19-4-2/h11-12H,3-10,15H2,1-2H3. The van der Waals surface area contributed by atoms with E-state index in [1.54, 1.807) is 4.90 Å². The van der Waals surface area contributed by atoms with Gasteiger partial charge in [-0.25, -0.2) is 0 Å². The average molecular weight is 270 g/mol. The van der Waals surface area contributed by atoms with Crippen LogP contribution in [0.25, 0.3) is 0 Å². The maximum atomic E-state index is 12.1. The molecule has 0 bridgehead atoms. The summed E-state index contributed by atoms with van der Waals surface area (Å²) in [5.41, 5.74) is 5.89. The van der Waals surface area contributed by atoms with Gasteiger partial charge in [0.25, 0.3) is 0 Å². The second kappa shape index (κ2) is 8.15. The third-order valence-corrected chi connectivity index (χ3v) is 3.61. The lowest BCUT2D eigenvalue weighted by molar-refractivity contribution is -0.151. The molecule has 2 N–H and O–H groups in total. The molecule has 5 nitrogen and oxygen atoms in total. The van der Waals surface area contributed by atoms with E-state index in [4.69, 9.17) is 10.5 Å². The predicted octanol–water partition coefficient (Wildman–Crippen LogP) is 1.31. The molecule has 1 rings (SSSR count). The van der Waals surface area contributed by atoms with Crippen molar-refractivity contribution in [2.45, 2.75) is 52.0 Å². The number of nitrogens with two attached hydrogens (primary N) is 1. The van der Waals surface area contributed by atoms with E-state index in [-0.39, 0.29) is 23.8 Å². The van der Waals surface area contributed by atoms with Crippen molar-refractivity contribution < 1.29 is 14.3 Å². The summed E-state index contributed by atoms with van der Waals surface area (Å²) in [6.45, 7) is 5.54. The van der Waals surface area contributed by atoms with Gasteiger partial charge in [-0.3, -0.25) is 9.59 Å². The number of likely N-dealkylation sites (tertiary alicyclic amines) is 1. The van der Waals surface area contributed by atoms with Crippen LogP contribution in [0.2, 0.25) is 0 Å². The van der Waals surface area contributed by atoms with Gasteiger partial charge in [0.15, 0.2) is 0 Å². The average Bonchev–Trinajstić information content (AvgIpc) is 2.44. The zero-order valence-electron chi connectivity index (χ0n) is 12.1. The first-order chi connectivity index (χ1) is 9.10. The van der Waals surface area contributed by atoms with Gasteiger partial charge in [-0.15, -0.1) is 0 Å². The molecule has 0 aromatic carbocycles. The number of carbonyl (C=O) groups is 2. The molecule has 1 unspecified atom stereocenters. The van der Waals surface area contributed by atoms with Crippen molar-refractivity contribution in [1.82, 2.24) is 4.90 Å². The number of nitrogens with zero attached hydrogens (tertiary/aromatic N) is 1. The number of hydrogen-bond donors (Lipinski definition) is 1. The zero-order valence-corrected chi connectivity index (χ0v) is 12.1.